The highest BCUT2D eigenvalue weighted by Crippen LogP contribution is 2.60. The molecule has 0 unspecified atom stereocenters. The Kier molecular flexibility index (Phi) is 1.33. The molecule has 0 nitrogen and oxygen atoms in total. The molecule has 0 bridgehead atoms. The third kappa shape index (κ3) is 0.980. The Morgan fingerprint density at radius 1 is 1.20 bits per heavy atom. The molecule has 0 radical (unpaired) electrons. The van der Waals surface area contributed by atoms with E-state index in [1.165, 1.54) is 6.42 Å². The smallest absolute Gasteiger partial charge is 0.0294 e. The molecule has 2 aliphatic rings. The quantitative estimate of drug-likeness (QED) is 0.522. The maximum Gasteiger partial charge on any atom is -0.0294 e. The zero-order valence-corrected chi connectivity index (χ0v) is 7.19. The summed E-state index contributed by atoms with van der Waals surface area (Å²) in [5.41, 5.74) is 0.898. The van der Waals surface area contributed by atoms with E-state index in [9.17, 15) is 0 Å². The van der Waals surface area contributed by atoms with Gasteiger partial charge in [-0.2, -0.15) is 0 Å². The summed E-state index contributed by atoms with van der Waals surface area (Å²) in [5.74, 6) is 2.02. The van der Waals surface area contributed by atoms with Gasteiger partial charge in [0.05, 0.1) is 0 Å². The monoisotopic (exact) mass is 138 g/mol. The highest BCUT2D eigenvalue weighted by Gasteiger charge is 2.48. The van der Waals surface area contributed by atoms with Gasteiger partial charge in [0.1, 0.15) is 0 Å². The minimum atomic E-state index is 0.898. The molecule has 0 aromatic carbocycles. The maximum atomic E-state index is 2.38. The van der Waals surface area contributed by atoms with Crippen LogP contribution in [0.3, 0.4) is 0 Å². The van der Waals surface area contributed by atoms with E-state index in [0.29, 0.717) is 0 Å². The lowest BCUT2D eigenvalue weighted by molar-refractivity contribution is 0.373. The highest BCUT2D eigenvalue weighted by molar-refractivity contribution is 4.99. The lowest BCUT2D eigenvalue weighted by atomic mass is 9.93. The van der Waals surface area contributed by atoms with Crippen molar-refractivity contribution in [2.45, 2.75) is 46.0 Å². The van der Waals surface area contributed by atoms with Crippen LogP contribution in [0.1, 0.15) is 46.0 Å². The van der Waals surface area contributed by atoms with Crippen molar-refractivity contribution in [1.29, 1.82) is 0 Å². The van der Waals surface area contributed by atoms with Crippen LogP contribution in [0.4, 0.5) is 0 Å². The van der Waals surface area contributed by atoms with E-state index < -0.39 is 0 Å². The van der Waals surface area contributed by atoms with E-state index in [2.05, 4.69) is 13.8 Å². The summed E-state index contributed by atoms with van der Waals surface area (Å²) in [6.07, 6.45) is 7.74. The first-order valence-electron chi connectivity index (χ1n) is 4.72. The van der Waals surface area contributed by atoms with Gasteiger partial charge >= 0.3 is 0 Å². The third-order valence-electron chi connectivity index (χ3n) is 3.64. The molecule has 2 saturated carbocycles. The van der Waals surface area contributed by atoms with Gasteiger partial charge in [-0.15, -0.1) is 0 Å². The summed E-state index contributed by atoms with van der Waals surface area (Å²) >= 11 is 0. The molecule has 0 aromatic heterocycles. The van der Waals surface area contributed by atoms with Crippen molar-refractivity contribution < 1.29 is 0 Å². The van der Waals surface area contributed by atoms with Crippen LogP contribution >= 0.6 is 0 Å². The first-order chi connectivity index (χ1) is 4.72. The van der Waals surface area contributed by atoms with Gasteiger partial charge in [0.15, 0.2) is 0 Å². The molecule has 0 N–H and O–H groups in total. The molecule has 2 fully saturated rings. The number of hydrogen-bond acceptors (Lipinski definition) is 0. The van der Waals surface area contributed by atoms with Crippen LogP contribution in [0.2, 0.25) is 0 Å². The Morgan fingerprint density at radius 2 is 1.90 bits per heavy atom. The topological polar surface area (TPSA) is 0 Å². The van der Waals surface area contributed by atoms with Crippen LogP contribution in [-0.4, -0.2) is 0 Å². The van der Waals surface area contributed by atoms with Crippen LogP contribution in [0.15, 0.2) is 0 Å². The second-order valence-corrected chi connectivity index (χ2v) is 4.75. The van der Waals surface area contributed by atoms with Crippen LogP contribution in [0.25, 0.3) is 0 Å². The Bertz CT molecular complexity index is 131. The summed E-state index contributed by atoms with van der Waals surface area (Å²) in [4.78, 5) is 0. The minimum Gasteiger partial charge on any atom is -0.0625 e. The summed E-state index contributed by atoms with van der Waals surface area (Å²) in [5, 5.41) is 0. The van der Waals surface area contributed by atoms with Gasteiger partial charge in [-0.1, -0.05) is 13.8 Å². The van der Waals surface area contributed by atoms with Crippen molar-refractivity contribution in [3.63, 3.8) is 0 Å². The predicted molar refractivity (Wildman–Crippen MR) is 43.8 cm³/mol. The average Bonchev–Trinajstić information content (AvgIpc) is 2.41. The van der Waals surface area contributed by atoms with Gasteiger partial charge in [-0.05, 0) is 49.4 Å². The average molecular weight is 138 g/mol. The van der Waals surface area contributed by atoms with E-state index in [1.54, 1.807) is 25.7 Å². The van der Waals surface area contributed by atoms with Crippen molar-refractivity contribution >= 4 is 0 Å². The molecule has 10 heavy (non-hydrogen) atoms. The molecule has 0 amide bonds. The van der Waals surface area contributed by atoms with Crippen molar-refractivity contribution in [2.75, 3.05) is 0 Å². The summed E-state index contributed by atoms with van der Waals surface area (Å²) in [7, 11) is 0. The van der Waals surface area contributed by atoms with Gasteiger partial charge < -0.3 is 0 Å². The molecule has 58 valence electrons. The first-order valence-corrected chi connectivity index (χ1v) is 4.72. The van der Waals surface area contributed by atoms with Gasteiger partial charge in [-0.25, -0.2) is 0 Å². The normalized spacial score (nSPS) is 35.7. The molecular formula is C10H18. The third-order valence-corrected chi connectivity index (χ3v) is 3.64. The fourth-order valence-electron chi connectivity index (χ4n) is 2.45. The summed E-state index contributed by atoms with van der Waals surface area (Å²) in [6, 6.07) is 0. The summed E-state index contributed by atoms with van der Waals surface area (Å²) < 4.78 is 0. The second-order valence-electron chi connectivity index (χ2n) is 4.75. The maximum absolute atomic E-state index is 2.38. The number of rotatable bonds is 1. The van der Waals surface area contributed by atoms with Gasteiger partial charge in [0, 0.05) is 0 Å². The minimum absolute atomic E-state index is 0.898. The Labute approximate surface area is 64.0 Å². The molecule has 0 heterocycles. The molecule has 2 rings (SSSR count). The van der Waals surface area contributed by atoms with Crippen LogP contribution in [0, 0.1) is 17.3 Å². The van der Waals surface area contributed by atoms with Crippen molar-refractivity contribution in [3.05, 3.63) is 0 Å². The van der Waals surface area contributed by atoms with Gasteiger partial charge in [-0.3, -0.25) is 0 Å². The fourth-order valence-corrected chi connectivity index (χ4v) is 2.45. The molecule has 1 spiro atoms. The van der Waals surface area contributed by atoms with Crippen LogP contribution in [0.5, 0.6) is 0 Å². The Morgan fingerprint density at radius 3 is 2.20 bits per heavy atom. The molecule has 1 atom stereocenters. The van der Waals surface area contributed by atoms with E-state index >= 15 is 0 Å². The largest absolute Gasteiger partial charge is 0.0625 e. The molecular weight excluding hydrogens is 120 g/mol. The zero-order chi connectivity index (χ0) is 7.19. The summed E-state index contributed by atoms with van der Waals surface area (Å²) in [6.45, 7) is 4.76. The van der Waals surface area contributed by atoms with Crippen molar-refractivity contribution in [2.24, 2.45) is 17.3 Å². The lowest BCUT2D eigenvalue weighted by Crippen LogP contribution is -2.03. The zero-order valence-electron chi connectivity index (χ0n) is 7.19. The molecule has 0 saturated heterocycles. The van der Waals surface area contributed by atoms with Gasteiger partial charge in [0.25, 0.3) is 0 Å². The van der Waals surface area contributed by atoms with E-state index in [0.717, 1.165) is 17.3 Å². The SMILES string of the molecule is CC(C)[C@H]1CCC2(CC2)C1. The standard InChI is InChI=1S/C10H18/c1-8(2)9-3-4-10(7-9)5-6-10/h8-9H,3-7H2,1-2H3/t9-/m0/s1. The fraction of sp³-hybridized carbons (Fsp3) is 1.00. The molecule has 2 aliphatic carbocycles. The van der Waals surface area contributed by atoms with E-state index in [-0.39, 0.29) is 0 Å². The van der Waals surface area contributed by atoms with Crippen molar-refractivity contribution in [1.82, 2.24) is 0 Å². The molecule has 0 aliphatic heterocycles. The van der Waals surface area contributed by atoms with E-state index in [1.807, 2.05) is 0 Å². The van der Waals surface area contributed by atoms with Crippen LogP contribution in [-0.2, 0) is 0 Å². The van der Waals surface area contributed by atoms with Gasteiger partial charge in [0.2, 0.25) is 0 Å². The predicted octanol–water partition coefficient (Wildman–Crippen LogP) is 3.22. The Hall–Kier alpha value is 0. The van der Waals surface area contributed by atoms with E-state index in [4.69, 9.17) is 0 Å². The second kappa shape index (κ2) is 1.99. The highest BCUT2D eigenvalue weighted by atomic mass is 14.5. The van der Waals surface area contributed by atoms with Crippen LogP contribution < -0.4 is 0 Å². The van der Waals surface area contributed by atoms with Crippen molar-refractivity contribution in [3.8, 4) is 0 Å². The molecule has 0 aromatic rings. The lowest BCUT2D eigenvalue weighted by Gasteiger charge is -2.13. The Balaban J connectivity index is 1.93. The number of hydrogen-bond donors (Lipinski definition) is 0. The first kappa shape index (κ1) is 6.69. The molecule has 0 heteroatoms.